The Bertz CT molecular complexity index is 799. The second-order valence-corrected chi connectivity index (χ2v) is 7.04. The van der Waals surface area contributed by atoms with Gasteiger partial charge in [-0.1, -0.05) is 24.6 Å². The highest BCUT2D eigenvalue weighted by atomic mass is 127. The number of nitrogens with zero attached hydrogens (tertiary/aromatic N) is 1. The Morgan fingerprint density at radius 1 is 1.18 bits per heavy atom. The van der Waals surface area contributed by atoms with Crippen LogP contribution in [0, 0.1) is 12.8 Å². The van der Waals surface area contributed by atoms with Crippen molar-refractivity contribution in [2.45, 2.75) is 46.1 Å². The predicted molar refractivity (Wildman–Crippen MR) is 124 cm³/mol. The third-order valence-electron chi connectivity index (χ3n) is 5.09. The van der Waals surface area contributed by atoms with E-state index < -0.39 is 0 Å². The van der Waals surface area contributed by atoms with Gasteiger partial charge in [0.2, 0.25) is 5.91 Å². The van der Waals surface area contributed by atoms with Crippen molar-refractivity contribution in [1.29, 1.82) is 0 Å². The summed E-state index contributed by atoms with van der Waals surface area (Å²) in [5.74, 6) is 2.12. The van der Waals surface area contributed by atoms with Gasteiger partial charge in [0.1, 0.15) is 17.9 Å². The monoisotopic (exact) mass is 498 g/mol. The van der Waals surface area contributed by atoms with Crippen LogP contribution in [-0.4, -0.2) is 31.5 Å². The van der Waals surface area contributed by atoms with E-state index in [1.54, 1.807) is 0 Å². The van der Waals surface area contributed by atoms with Crippen molar-refractivity contribution in [1.82, 2.24) is 16.0 Å². The molecule has 0 unspecified atom stereocenters. The molecule has 0 atom stereocenters. The molecular weight excluding hydrogens is 467 g/mol. The van der Waals surface area contributed by atoms with E-state index in [4.69, 9.17) is 4.42 Å². The number of benzene rings is 1. The van der Waals surface area contributed by atoms with Gasteiger partial charge in [-0.3, -0.25) is 4.79 Å². The van der Waals surface area contributed by atoms with E-state index in [-0.39, 0.29) is 35.8 Å². The Hall–Kier alpha value is -1.77. The minimum absolute atomic E-state index is 0. The second kappa shape index (κ2) is 11.3. The first-order valence-corrected chi connectivity index (χ1v) is 9.96. The quantitative estimate of drug-likeness (QED) is 0.225. The zero-order chi connectivity index (χ0) is 19.1. The van der Waals surface area contributed by atoms with Crippen LogP contribution in [0.25, 0.3) is 11.0 Å². The molecule has 1 aliphatic carbocycles. The van der Waals surface area contributed by atoms with E-state index in [1.807, 2.05) is 25.1 Å². The third kappa shape index (κ3) is 5.86. The van der Waals surface area contributed by atoms with E-state index in [9.17, 15) is 4.79 Å². The number of carbonyl (C=O) groups is 1. The molecule has 154 valence electrons. The SMILES string of the molecule is CCNC(=NCc1oc2ccccc2c1C)NCCCNC(=O)C1CCC1.I. The molecule has 2 aromatic rings. The Balaban J connectivity index is 0.00000280. The van der Waals surface area contributed by atoms with E-state index in [0.717, 1.165) is 60.6 Å². The highest BCUT2D eigenvalue weighted by Gasteiger charge is 2.24. The number of aryl methyl sites for hydroxylation is 1. The van der Waals surface area contributed by atoms with Crippen molar-refractivity contribution in [3.63, 3.8) is 0 Å². The van der Waals surface area contributed by atoms with Crippen molar-refractivity contribution >= 4 is 46.8 Å². The average molecular weight is 498 g/mol. The number of nitrogens with one attached hydrogen (secondary N) is 3. The summed E-state index contributed by atoms with van der Waals surface area (Å²) >= 11 is 0. The number of furan rings is 1. The van der Waals surface area contributed by atoms with Crippen molar-refractivity contribution in [3.8, 4) is 0 Å². The van der Waals surface area contributed by atoms with Gasteiger partial charge in [-0.25, -0.2) is 4.99 Å². The van der Waals surface area contributed by atoms with Gasteiger partial charge in [0.15, 0.2) is 5.96 Å². The van der Waals surface area contributed by atoms with Gasteiger partial charge in [-0.05, 0) is 39.2 Å². The summed E-state index contributed by atoms with van der Waals surface area (Å²) in [6.45, 7) is 6.86. The number of hydrogen-bond donors (Lipinski definition) is 3. The first-order chi connectivity index (χ1) is 13.2. The topological polar surface area (TPSA) is 78.7 Å². The molecule has 0 saturated heterocycles. The summed E-state index contributed by atoms with van der Waals surface area (Å²) in [4.78, 5) is 16.4. The van der Waals surface area contributed by atoms with E-state index in [0.29, 0.717) is 13.1 Å². The average Bonchev–Trinajstić information content (AvgIpc) is 2.94. The molecule has 0 spiro atoms. The lowest BCUT2D eigenvalue weighted by atomic mass is 9.85. The van der Waals surface area contributed by atoms with Gasteiger partial charge in [0.05, 0.1) is 0 Å². The van der Waals surface area contributed by atoms with Crippen LogP contribution in [0.1, 0.15) is 43.9 Å². The number of para-hydroxylation sites is 1. The number of guanidine groups is 1. The van der Waals surface area contributed by atoms with E-state index >= 15 is 0 Å². The van der Waals surface area contributed by atoms with Crippen LogP contribution in [0.5, 0.6) is 0 Å². The van der Waals surface area contributed by atoms with E-state index in [1.165, 1.54) is 6.42 Å². The summed E-state index contributed by atoms with van der Waals surface area (Å²) in [7, 11) is 0. The maximum Gasteiger partial charge on any atom is 0.223 e. The fourth-order valence-electron chi connectivity index (χ4n) is 3.19. The van der Waals surface area contributed by atoms with Crippen molar-refractivity contribution in [2.24, 2.45) is 10.9 Å². The standard InChI is InChI=1S/C21H30N4O2.HI/c1-3-22-21(24-13-7-12-23-20(26)16-8-6-9-16)25-14-19-15(2)17-10-4-5-11-18(17)27-19;/h4-5,10-11,16H,3,6-9,12-14H2,1-2H3,(H,23,26)(H2,22,24,25);1H. The summed E-state index contributed by atoms with van der Waals surface area (Å²) < 4.78 is 5.93. The predicted octanol–water partition coefficient (Wildman–Crippen LogP) is 3.72. The minimum atomic E-state index is 0. The Kier molecular flexibility index (Phi) is 9.08. The summed E-state index contributed by atoms with van der Waals surface area (Å²) in [6.07, 6.45) is 4.14. The second-order valence-electron chi connectivity index (χ2n) is 7.04. The minimum Gasteiger partial charge on any atom is -0.459 e. The van der Waals surface area contributed by atoms with Crippen molar-refractivity contribution < 1.29 is 9.21 Å². The lowest BCUT2D eigenvalue weighted by Gasteiger charge is -2.24. The maximum atomic E-state index is 11.8. The molecule has 1 aromatic heterocycles. The van der Waals surface area contributed by atoms with Crippen LogP contribution in [0.3, 0.4) is 0 Å². The number of aliphatic imine (C=N–C) groups is 1. The largest absolute Gasteiger partial charge is 0.459 e. The van der Waals surface area contributed by atoms with Gasteiger partial charge < -0.3 is 20.4 Å². The zero-order valence-corrected chi connectivity index (χ0v) is 19.0. The number of rotatable bonds is 8. The first kappa shape index (κ1) is 22.5. The third-order valence-corrected chi connectivity index (χ3v) is 5.09. The molecule has 1 amide bonds. The molecular formula is C21H31IN4O2. The number of fused-ring (bicyclic) bond motifs is 1. The molecule has 1 fully saturated rings. The number of halogens is 1. The van der Waals surface area contributed by atoms with Crippen LogP contribution in [0.15, 0.2) is 33.7 Å². The highest BCUT2D eigenvalue weighted by Crippen LogP contribution is 2.26. The molecule has 1 aromatic carbocycles. The smallest absolute Gasteiger partial charge is 0.223 e. The highest BCUT2D eigenvalue weighted by molar-refractivity contribution is 14.0. The fourth-order valence-corrected chi connectivity index (χ4v) is 3.19. The molecule has 0 aliphatic heterocycles. The molecule has 1 aliphatic rings. The van der Waals surface area contributed by atoms with Gasteiger partial charge >= 0.3 is 0 Å². The van der Waals surface area contributed by atoms with Crippen LogP contribution in [0.4, 0.5) is 0 Å². The molecule has 1 heterocycles. The molecule has 0 radical (unpaired) electrons. The molecule has 0 bridgehead atoms. The molecule has 7 heteroatoms. The first-order valence-electron chi connectivity index (χ1n) is 9.96. The molecule has 3 rings (SSSR count). The Morgan fingerprint density at radius 2 is 1.93 bits per heavy atom. The van der Waals surface area contributed by atoms with Crippen molar-refractivity contribution in [3.05, 3.63) is 35.6 Å². The van der Waals surface area contributed by atoms with Crippen LogP contribution in [-0.2, 0) is 11.3 Å². The lowest BCUT2D eigenvalue weighted by molar-refractivity contribution is -0.127. The summed E-state index contributed by atoms with van der Waals surface area (Å²) in [5, 5.41) is 10.7. The number of amides is 1. The molecule has 1 saturated carbocycles. The van der Waals surface area contributed by atoms with E-state index in [2.05, 4.69) is 33.9 Å². The van der Waals surface area contributed by atoms with Crippen LogP contribution in [0.2, 0.25) is 0 Å². The van der Waals surface area contributed by atoms with Crippen LogP contribution >= 0.6 is 24.0 Å². The Labute approximate surface area is 183 Å². The zero-order valence-electron chi connectivity index (χ0n) is 16.7. The molecule has 28 heavy (non-hydrogen) atoms. The van der Waals surface area contributed by atoms with Crippen molar-refractivity contribution in [2.75, 3.05) is 19.6 Å². The molecule has 3 N–H and O–H groups in total. The van der Waals surface area contributed by atoms with Gasteiger partial charge in [0, 0.05) is 36.5 Å². The number of hydrogen-bond acceptors (Lipinski definition) is 3. The Morgan fingerprint density at radius 3 is 2.61 bits per heavy atom. The summed E-state index contributed by atoms with van der Waals surface area (Å²) in [6, 6.07) is 8.06. The van der Waals surface area contributed by atoms with Gasteiger partial charge in [-0.2, -0.15) is 0 Å². The molecule has 6 nitrogen and oxygen atoms in total. The lowest BCUT2D eigenvalue weighted by Crippen LogP contribution is -2.39. The normalized spacial score (nSPS) is 14.3. The maximum absolute atomic E-state index is 11.8. The van der Waals surface area contributed by atoms with Crippen LogP contribution < -0.4 is 16.0 Å². The van der Waals surface area contributed by atoms with Gasteiger partial charge in [0.25, 0.3) is 0 Å². The summed E-state index contributed by atoms with van der Waals surface area (Å²) in [5.41, 5.74) is 2.05. The number of carbonyl (C=O) groups excluding carboxylic acids is 1. The fraction of sp³-hybridized carbons (Fsp3) is 0.524. The van der Waals surface area contributed by atoms with Gasteiger partial charge in [-0.15, -0.1) is 24.0 Å².